The molecule has 0 saturated heterocycles. The predicted molar refractivity (Wildman–Crippen MR) is 149 cm³/mol. The van der Waals surface area contributed by atoms with E-state index in [9.17, 15) is 4.79 Å². The average Bonchev–Trinajstić information content (AvgIpc) is 3.36. The van der Waals surface area contributed by atoms with Crippen molar-refractivity contribution < 1.29 is 19.0 Å². The second-order valence-electron chi connectivity index (χ2n) is 7.67. The van der Waals surface area contributed by atoms with Gasteiger partial charge in [0.2, 0.25) is 5.75 Å². The van der Waals surface area contributed by atoms with E-state index in [1.54, 1.807) is 36.4 Å². The van der Waals surface area contributed by atoms with E-state index in [-0.39, 0.29) is 11.7 Å². The van der Waals surface area contributed by atoms with Gasteiger partial charge in [-0.25, -0.2) is 5.43 Å². The van der Waals surface area contributed by atoms with E-state index in [0.29, 0.717) is 43.8 Å². The molecule has 0 saturated carbocycles. The smallest absolute Gasteiger partial charge is 0.250 e. The van der Waals surface area contributed by atoms with Crippen LogP contribution in [0, 0.1) is 0 Å². The first kappa shape index (κ1) is 27.3. The van der Waals surface area contributed by atoms with Gasteiger partial charge in [-0.05, 0) is 60.7 Å². The fraction of sp³-hybridized carbons (Fsp3) is 0.154. The zero-order valence-electron chi connectivity index (χ0n) is 20.6. The minimum absolute atomic E-state index is 0.0545. The van der Waals surface area contributed by atoms with Crippen LogP contribution in [-0.4, -0.2) is 54.0 Å². The summed E-state index contributed by atoms with van der Waals surface area (Å²) in [6, 6.07) is 18.0. The molecule has 38 heavy (non-hydrogen) atoms. The number of aromatic nitrogens is 3. The van der Waals surface area contributed by atoms with Crippen molar-refractivity contribution in [2.45, 2.75) is 5.16 Å². The van der Waals surface area contributed by atoms with Gasteiger partial charge < -0.3 is 14.2 Å². The van der Waals surface area contributed by atoms with E-state index in [1.165, 1.54) is 39.3 Å². The molecular weight excluding hydrogens is 549 g/mol. The average molecular weight is 572 g/mol. The molecule has 0 unspecified atom stereocenters. The first-order valence-electron chi connectivity index (χ1n) is 11.2. The molecule has 1 amide bonds. The van der Waals surface area contributed by atoms with Gasteiger partial charge in [0.25, 0.3) is 5.91 Å². The third-order valence-corrected chi connectivity index (χ3v) is 6.68. The molecule has 9 nitrogen and oxygen atoms in total. The second-order valence-corrected chi connectivity index (χ2v) is 9.48. The van der Waals surface area contributed by atoms with Crippen molar-refractivity contribution in [2.24, 2.45) is 5.10 Å². The quantitative estimate of drug-likeness (QED) is 0.152. The van der Waals surface area contributed by atoms with Gasteiger partial charge in [-0.15, -0.1) is 10.2 Å². The van der Waals surface area contributed by atoms with Crippen LogP contribution in [-0.2, 0) is 4.79 Å². The van der Waals surface area contributed by atoms with Gasteiger partial charge in [-0.3, -0.25) is 9.36 Å². The molecule has 0 atom stereocenters. The molecule has 1 aromatic heterocycles. The zero-order chi connectivity index (χ0) is 27.1. The summed E-state index contributed by atoms with van der Waals surface area (Å²) in [5.41, 5.74) is 4.80. The van der Waals surface area contributed by atoms with Crippen LogP contribution in [0.5, 0.6) is 17.2 Å². The number of benzene rings is 3. The molecular formula is C26H23Cl2N5O4S. The van der Waals surface area contributed by atoms with E-state index in [0.717, 1.165) is 11.3 Å². The lowest BCUT2D eigenvalue weighted by Crippen LogP contribution is -2.20. The fourth-order valence-electron chi connectivity index (χ4n) is 3.49. The summed E-state index contributed by atoms with van der Waals surface area (Å²) in [5, 5.41) is 14.5. The maximum Gasteiger partial charge on any atom is 0.250 e. The van der Waals surface area contributed by atoms with Gasteiger partial charge in [-0.1, -0.05) is 35.0 Å². The summed E-state index contributed by atoms with van der Waals surface area (Å²) in [6.45, 7) is 0. The lowest BCUT2D eigenvalue weighted by atomic mass is 10.2. The lowest BCUT2D eigenvalue weighted by Gasteiger charge is -2.12. The van der Waals surface area contributed by atoms with Gasteiger partial charge in [0, 0.05) is 26.9 Å². The Morgan fingerprint density at radius 2 is 1.55 bits per heavy atom. The Balaban J connectivity index is 1.49. The molecule has 0 aliphatic carbocycles. The molecule has 0 fully saturated rings. The van der Waals surface area contributed by atoms with Gasteiger partial charge >= 0.3 is 0 Å². The van der Waals surface area contributed by atoms with Crippen molar-refractivity contribution in [3.8, 4) is 34.3 Å². The number of carbonyl (C=O) groups excluding carboxylic acids is 1. The molecule has 0 aliphatic heterocycles. The SMILES string of the molecule is COc1cc(/C=N/NC(=O)CSc2nnc(-c3ccc(Cl)cc3)n2-c2ccc(Cl)cc2)cc(OC)c1OC. The van der Waals surface area contributed by atoms with E-state index in [1.807, 2.05) is 28.8 Å². The minimum atomic E-state index is -0.322. The van der Waals surface area contributed by atoms with E-state index < -0.39 is 0 Å². The highest BCUT2D eigenvalue weighted by atomic mass is 35.5. The number of halogens is 2. The number of nitrogens with one attached hydrogen (secondary N) is 1. The van der Waals surface area contributed by atoms with Crippen molar-refractivity contribution in [3.05, 3.63) is 76.3 Å². The minimum Gasteiger partial charge on any atom is -0.493 e. The summed E-state index contributed by atoms with van der Waals surface area (Å²) < 4.78 is 17.9. The monoisotopic (exact) mass is 571 g/mol. The van der Waals surface area contributed by atoms with Crippen LogP contribution in [0.2, 0.25) is 10.0 Å². The largest absolute Gasteiger partial charge is 0.493 e. The van der Waals surface area contributed by atoms with Crippen molar-refractivity contribution in [1.82, 2.24) is 20.2 Å². The maximum atomic E-state index is 12.6. The Bertz CT molecular complexity index is 1420. The van der Waals surface area contributed by atoms with Crippen molar-refractivity contribution in [3.63, 3.8) is 0 Å². The van der Waals surface area contributed by atoms with Crippen LogP contribution >= 0.6 is 35.0 Å². The number of hydrazone groups is 1. The zero-order valence-corrected chi connectivity index (χ0v) is 23.0. The van der Waals surface area contributed by atoms with Gasteiger partial charge in [0.15, 0.2) is 22.5 Å². The van der Waals surface area contributed by atoms with Crippen LogP contribution in [0.3, 0.4) is 0 Å². The van der Waals surface area contributed by atoms with E-state index in [2.05, 4.69) is 20.7 Å². The fourth-order valence-corrected chi connectivity index (χ4v) is 4.49. The standard InChI is InChI=1S/C26H23Cl2N5O4S/c1-35-21-12-16(13-22(36-2)24(21)37-3)14-29-30-23(34)15-38-26-32-31-25(17-4-6-18(27)7-5-17)33(26)20-10-8-19(28)9-11-20/h4-14H,15H2,1-3H3,(H,30,34)/b29-14+. The Morgan fingerprint density at radius 1 is 0.947 bits per heavy atom. The number of carbonyl (C=O) groups is 1. The number of hydrogen-bond acceptors (Lipinski definition) is 8. The molecule has 0 spiro atoms. The predicted octanol–water partition coefficient (Wildman–Crippen LogP) is 5.51. The van der Waals surface area contributed by atoms with Crippen LogP contribution in [0.15, 0.2) is 70.9 Å². The van der Waals surface area contributed by atoms with E-state index in [4.69, 9.17) is 37.4 Å². The van der Waals surface area contributed by atoms with Crippen molar-refractivity contribution in [2.75, 3.05) is 27.1 Å². The number of ether oxygens (including phenoxy) is 3. The summed E-state index contributed by atoms with van der Waals surface area (Å²) >= 11 is 13.4. The van der Waals surface area contributed by atoms with Crippen LogP contribution in [0.4, 0.5) is 0 Å². The third kappa shape index (κ3) is 6.39. The molecule has 0 bridgehead atoms. The van der Waals surface area contributed by atoms with Gasteiger partial charge in [-0.2, -0.15) is 5.10 Å². The number of hydrogen-bond donors (Lipinski definition) is 1. The molecule has 0 aliphatic rings. The number of methoxy groups -OCH3 is 3. The van der Waals surface area contributed by atoms with Gasteiger partial charge in [0.05, 0.1) is 33.3 Å². The Kier molecular flexibility index (Phi) is 9.11. The first-order chi connectivity index (χ1) is 18.4. The Hall–Kier alpha value is -3.73. The molecule has 4 rings (SSSR count). The molecule has 196 valence electrons. The highest BCUT2D eigenvalue weighted by molar-refractivity contribution is 7.99. The summed E-state index contributed by atoms with van der Waals surface area (Å²) in [7, 11) is 4.58. The van der Waals surface area contributed by atoms with Gasteiger partial charge in [0.1, 0.15) is 0 Å². The van der Waals surface area contributed by atoms with Crippen molar-refractivity contribution >= 4 is 47.1 Å². The van der Waals surface area contributed by atoms with Crippen LogP contribution in [0.25, 0.3) is 17.1 Å². The first-order valence-corrected chi connectivity index (χ1v) is 12.9. The third-order valence-electron chi connectivity index (χ3n) is 5.24. The van der Waals surface area contributed by atoms with Crippen molar-refractivity contribution in [1.29, 1.82) is 0 Å². The topological polar surface area (TPSA) is 99.9 Å². The molecule has 3 aromatic carbocycles. The summed E-state index contributed by atoms with van der Waals surface area (Å²) in [6.07, 6.45) is 1.49. The maximum absolute atomic E-state index is 12.6. The Morgan fingerprint density at radius 3 is 2.13 bits per heavy atom. The summed E-state index contributed by atoms with van der Waals surface area (Å²) in [4.78, 5) is 12.6. The number of nitrogens with zero attached hydrogens (tertiary/aromatic N) is 4. The van der Waals surface area contributed by atoms with E-state index >= 15 is 0 Å². The summed E-state index contributed by atoms with van der Waals surface area (Å²) in [5.74, 6) is 1.76. The number of amides is 1. The van der Waals surface area contributed by atoms with Crippen LogP contribution < -0.4 is 19.6 Å². The Labute approximate surface area is 233 Å². The number of rotatable bonds is 10. The van der Waals surface area contributed by atoms with Crippen LogP contribution in [0.1, 0.15) is 5.56 Å². The lowest BCUT2D eigenvalue weighted by molar-refractivity contribution is -0.118. The molecule has 12 heteroatoms. The molecule has 4 aromatic rings. The second kappa shape index (κ2) is 12.7. The highest BCUT2D eigenvalue weighted by Gasteiger charge is 2.18. The highest BCUT2D eigenvalue weighted by Crippen LogP contribution is 2.37. The molecule has 1 N–H and O–H groups in total. The normalized spacial score (nSPS) is 11.0. The molecule has 0 radical (unpaired) electrons. The molecule has 1 heterocycles. The number of thioether (sulfide) groups is 1.